The van der Waals surface area contributed by atoms with E-state index in [1.807, 2.05) is 60.7 Å². The van der Waals surface area contributed by atoms with Crippen LogP contribution in [0.1, 0.15) is 12.5 Å². The molecule has 4 heteroatoms. The van der Waals surface area contributed by atoms with Gasteiger partial charge in [-0.2, -0.15) is 0 Å². The van der Waals surface area contributed by atoms with Gasteiger partial charge in [-0.1, -0.05) is 40.2 Å². The molecule has 3 aromatic rings. The number of nitrogens with zero attached hydrogens (tertiary/aromatic N) is 2. The Kier molecular flexibility index (Phi) is 5.62. The zero-order valence-electron chi connectivity index (χ0n) is 13.5. The van der Waals surface area contributed by atoms with E-state index in [9.17, 15) is 0 Å². The standard InChI is InChI=1S/C20H19BrN2O/c1-2-3-12-23(15-16-4-7-19(21)8-5-16)24-20-9-6-18-14-22-11-10-17(18)13-20/h2-11,13-14H,12,15H2,1H3. The molecule has 1 heterocycles. The number of fused-ring (bicyclic) bond motifs is 1. The van der Waals surface area contributed by atoms with Crippen LogP contribution in [-0.4, -0.2) is 16.6 Å². The molecule has 0 aliphatic heterocycles. The second-order valence-corrected chi connectivity index (χ2v) is 6.41. The smallest absolute Gasteiger partial charge is 0.148 e. The summed E-state index contributed by atoms with van der Waals surface area (Å²) in [4.78, 5) is 10.3. The van der Waals surface area contributed by atoms with E-state index in [1.54, 1.807) is 6.20 Å². The maximum Gasteiger partial charge on any atom is 0.148 e. The van der Waals surface area contributed by atoms with Crippen LogP contribution in [0.15, 0.2) is 77.5 Å². The van der Waals surface area contributed by atoms with E-state index in [-0.39, 0.29) is 0 Å². The molecule has 0 atom stereocenters. The van der Waals surface area contributed by atoms with Crippen LogP contribution in [0.25, 0.3) is 10.8 Å². The first kappa shape index (κ1) is 16.7. The lowest BCUT2D eigenvalue weighted by molar-refractivity contribution is -0.0560. The van der Waals surface area contributed by atoms with E-state index in [1.165, 1.54) is 5.56 Å². The highest BCUT2D eigenvalue weighted by atomic mass is 79.9. The topological polar surface area (TPSA) is 25.4 Å². The first-order valence-corrected chi connectivity index (χ1v) is 8.66. The first-order valence-electron chi connectivity index (χ1n) is 7.87. The minimum absolute atomic E-state index is 0.714. The highest BCUT2D eigenvalue weighted by Gasteiger charge is 2.08. The third kappa shape index (κ3) is 4.43. The zero-order chi connectivity index (χ0) is 16.8. The molecule has 0 aliphatic carbocycles. The molecule has 2 aromatic carbocycles. The molecule has 24 heavy (non-hydrogen) atoms. The summed E-state index contributed by atoms with van der Waals surface area (Å²) in [6.07, 6.45) is 7.78. The Morgan fingerprint density at radius 2 is 1.92 bits per heavy atom. The fourth-order valence-corrected chi connectivity index (χ4v) is 2.68. The number of hydroxylamine groups is 2. The minimum Gasteiger partial charge on any atom is -0.405 e. The molecule has 0 amide bonds. The highest BCUT2D eigenvalue weighted by molar-refractivity contribution is 9.10. The first-order chi connectivity index (χ1) is 11.7. The van der Waals surface area contributed by atoms with E-state index in [4.69, 9.17) is 4.84 Å². The number of halogens is 1. The van der Waals surface area contributed by atoms with Gasteiger partial charge >= 0.3 is 0 Å². The quantitative estimate of drug-likeness (QED) is 0.423. The Labute approximate surface area is 150 Å². The summed E-state index contributed by atoms with van der Waals surface area (Å²) < 4.78 is 1.08. The lowest BCUT2D eigenvalue weighted by atomic mass is 10.2. The third-order valence-corrected chi connectivity index (χ3v) is 4.19. The van der Waals surface area contributed by atoms with Crippen LogP contribution in [0, 0.1) is 0 Å². The van der Waals surface area contributed by atoms with Gasteiger partial charge in [-0.3, -0.25) is 4.98 Å². The molecular weight excluding hydrogens is 364 g/mol. The molecule has 0 bridgehead atoms. The number of benzene rings is 2. The Balaban J connectivity index is 1.78. The molecule has 0 saturated heterocycles. The van der Waals surface area contributed by atoms with Gasteiger partial charge in [-0.25, -0.2) is 0 Å². The number of allylic oxidation sites excluding steroid dienone is 1. The fourth-order valence-electron chi connectivity index (χ4n) is 2.42. The summed E-state index contributed by atoms with van der Waals surface area (Å²) >= 11 is 3.47. The van der Waals surface area contributed by atoms with Gasteiger partial charge in [0, 0.05) is 22.3 Å². The molecule has 0 aliphatic rings. The fraction of sp³-hybridized carbons (Fsp3) is 0.150. The molecule has 3 nitrogen and oxygen atoms in total. The SMILES string of the molecule is CC=CCN(Cc1ccc(Br)cc1)Oc1ccc2cnccc2c1. The lowest BCUT2D eigenvalue weighted by Crippen LogP contribution is -2.27. The summed E-state index contributed by atoms with van der Waals surface area (Å²) in [6, 6.07) is 16.3. The predicted molar refractivity (Wildman–Crippen MR) is 102 cm³/mol. The van der Waals surface area contributed by atoms with Crippen molar-refractivity contribution in [3.8, 4) is 5.75 Å². The molecular formula is C20H19BrN2O. The van der Waals surface area contributed by atoms with Crippen LogP contribution in [0.3, 0.4) is 0 Å². The molecule has 122 valence electrons. The van der Waals surface area contributed by atoms with Gasteiger partial charge in [0.2, 0.25) is 0 Å². The van der Waals surface area contributed by atoms with E-state index in [0.717, 1.165) is 27.5 Å². The molecule has 0 unspecified atom stereocenters. The van der Waals surface area contributed by atoms with Crippen molar-refractivity contribution in [3.63, 3.8) is 0 Å². The molecule has 0 saturated carbocycles. The molecule has 0 radical (unpaired) electrons. The summed E-state index contributed by atoms with van der Waals surface area (Å²) in [6.45, 7) is 3.45. The Bertz CT molecular complexity index is 830. The Hall–Kier alpha value is -2.17. The Morgan fingerprint density at radius 3 is 2.71 bits per heavy atom. The van der Waals surface area contributed by atoms with Crippen LogP contribution in [0.5, 0.6) is 5.75 Å². The summed E-state index contributed by atoms with van der Waals surface area (Å²) in [5.41, 5.74) is 1.20. The third-order valence-electron chi connectivity index (χ3n) is 3.66. The van der Waals surface area contributed by atoms with E-state index in [2.05, 4.69) is 39.1 Å². The van der Waals surface area contributed by atoms with Crippen molar-refractivity contribution in [2.45, 2.75) is 13.5 Å². The molecule has 3 rings (SSSR count). The summed E-state index contributed by atoms with van der Waals surface area (Å²) in [5.74, 6) is 0.829. The van der Waals surface area contributed by atoms with Crippen LogP contribution < -0.4 is 4.84 Å². The van der Waals surface area contributed by atoms with Crippen LogP contribution in [0.4, 0.5) is 0 Å². The maximum absolute atomic E-state index is 6.11. The van der Waals surface area contributed by atoms with Crippen molar-refractivity contribution < 1.29 is 4.84 Å². The van der Waals surface area contributed by atoms with Crippen LogP contribution in [0.2, 0.25) is 0 Å². The number of pyridine rings is 1. The molecule has 0 fully saturated rings. The van der Waals surface area contributed by atoms with Crippen LogP contribution >= 0.6 is 15.9 Å². The molecule has 0 N–H and O–H groups in total. The van der Waals surface area contributed by atoms with Gasteiger partial charge in [0.15, 0.2) is 0 Å². The average Bonchev–Trinajstić information content (AvgIpc) is 2.61. The number of hydrogen-bond donors (Lipinski definition) is 0. The van der Waals surface area contributed by atoms with Gasteiger partial charge in [0.1, 0.15) is 5.75 Å². The zero-order valence-corrected chi connectivity index (χ0v) is 15.1. The minimum atomic E-state index is 0.714. The highest BCUT2D eigenvalue weighted by Crippen LogP contribution is 2.21. The van der Waals surface area contributed by atoms with Gasteiger partial charge in [0.05, 0.1) is 13.1 Å². The number of aromatic nitrogens is 1. The van der Waals surface area contributed by atoms with Crippen molar-refractivity contribution in [1.29, 1.82) is 0 Å². The van der Waals surface area contributed by atoms with Gasteiger partial charge in [-0.05, 0) is 54.3 Å². The van der Waals surface area contributed by atoms with E-state index in [0.29, 0.717) is 6.54 Å². The largest absolute Gasteiger partial charge is 0.405 e. The number of hydrogen-bond acceptors (Lipinski definition) is 3. The molecule has 1 aromatic heterocycles. The second kappa shape index (κ2) is 8.08. The van der Waals surface area contributed by atoms with Crippen molar-refractivity contribution in [2.24, 2.45) is 0 Å². The summed E-state index contributed by atoms with van der Waals surface area (Å²) in [5, 5.41) is 4.18. The van der Waals surface area contributed by atoms with E-state index < -0.39 is 0 Å². The van der Waals surface area contributed by atoms with Crippen LogP contribution in [-0.2, 0) is 6.54 Å². The van der Waals surface area contributed by atoms with Gasteiger partial charge in [-0.15, -0.1) is 5.06 Å². The lowest BCUT2D eigenvalue weighted by Gasteiger charge is -2.21. The average molecular weight is 383 g/mol. The number of rotatable bonds is 6. The van der Waals surface area contributed by atoms with Crippen molar-refractivity contribution in [1.82, 2.24) is 10.0 Å². The Morgan fingerprint density at radius 1 is 1.08 bits per heavy atom. The molecule has 0 spiro atoms. The second-order valence-electron chi connectivity index (χ2n) is 5.49. The van der Waals surface area contributed by atoms with Gasteiger partial charge in [0.25, 0.3) is 0 Å². The monoisotopic (exact) mass is 382 g/mol. The maximum atomic E-state index is 6.11. The predicted octanol–water partition coefficient (Wildman–Crippen LogP) is 5.37. The van der Waals surface area contributed by atoms with Gasteiger partial charge < -0.3 is 4.84 Å². The van der Waals surface area contributed by atoms with Crippen molar-refractivity contribution in [3.05, 3.63) is 83.1 Å². The van der Waals surface area contributed by atoms with Crippen molar-refractivity contribution >= 4 is 26.7 Å². The van der Waals surface area contributed by atoms with Crippen molar-refractivity contribution in [2.75, 3.05) is 6.54 Å². The van der Waals surface area contributed by atoms with E-state index >= 15 is 0 Å². The normalized spacial score (nSPS) is 11.5. The summed E-state index contributed by atoms with van der Waals surface area (Å²) in [7, 11) is 0.